The number of hydrogen-bond acceptors (Lipinski definition) is 5. The van der Waals surface area contributed by atoms with Crippen molar-refractivity contribution in [3.05, 3.63) is 35.7 Å². The van der Waals surface area contributed by atoms with Crippen molar-refractivity contribution in [1.82, 2.24) is 10.2 Å². The van der Waals surface area contributed by atoms with Crippen molar-refractivity contribution in [2.75, 3.05) is 23.7 Å². The number of aliphatic hydroxyl groups excluding tert-OH is 1. The van der Waals surface area contributed by atoms with Crippen molar-refractivity contribution in [3.8, 4) is 0 Å². The number of aromatic nitrogens is 2. The van der Waals surface area contributed by atoms with Crippen LogP contribution in [0.15, 0.2) is 29.2 Å². The van der Waals surface area contributed by atoms with Gasteiger partial charge in [0.05, 0.1) is 18.0 Å². The summed E-state index contributed by atoms with van der Waals surface area (Å²) >= 11 is 0. The number of benzene rings is 1. The van der Waals surface area contributed by atoms with Gasteiger partial charge in [-0.1, -0.05) is 6.07 Å². The minimum absolute atomic E-state index is 0.0137. The van der Waals surface area contributed by atoms with Gasteiger partial charge in [-0.05, 0) is 25.1 Å². The Labute approximate surface area is 123 Å². The van der Waals surface area contributed by atoms with E-state index in [1.54, 1.807) is 25.1 Å². The minimum Gasteiger partial charge on any atom is -0.390 e. The van der Waals surface area contributed by atoms with Gasteiger partial charge in [-0.15, -0.1) is 0 Å². The standard InChI is InChI=1S/C13H18N4O3S/c1-9-13(12(8-18)15-14-9)21(19,20)16-10-5-4-6-11(7-10)17(2)3/h4-7,16,18H,8H2,1-3H3,(H,14,15). The molecule has 0 fully saturated rings. The molecule has 21 heavy (non-hydrogen) atoms. The molecule has 2 aromatic rings. The molecule has 0 saturated heterocycles. The fourth-order valence-electron chi connectivity index (χ4n) is 1.99. The lowest BCUT2D eigenvalue weighted by molar-refractivity contribution is 0.273. The third-order valence-corrected chi connectivity index (χ3v) is 4.58. The monoisotopic (exact) mass is 310 g/mol. The maximum absolute atomic E-state index is 12.4. The Morgan fingerprint density at radius 1 is 1.38 bits per heavy atom. The molecule has 2 rings (SSSR count). The van der Waals surface area contributed by atoms with Crippen molar-refractivity contribution < 1.29 is 13.5 Å². The molecular formula is C13H18N4O3S. The third kappa shape index (κ3) is 3.17. The number of sulfonamides is 1. The average molecular weight is 310 g/mol. The van der Waals surface area contributed by atoms with Crippen LogP contribution in [-0.4, -0.2) is 37.8 Å². The molecule has 0 aliphatic heterocycles. The molecule has 0 bridgehead atoms. The number of anilines is 2. The summed E-state index contributed by atoms with van der Waals surface area (Å²) in [4.78, 5) is 1.86. The number of nitrogens with one attached hydrogen (secondary N) is 2. The van der Waals surface area contributed by atoms with Crippen LogP contribution in [0.2, 0.25) is 0 Å². The van der Waals surface area contributed by atoms with Crippen LogP contribution in [0.5, 0.6) is 0 Å². The minimum atomic E-state index is -3.81. The van der Waals surface area contributed by atoms with Crippen LogP contribution in [0.4, 0.5) is 11.4 Å². The van der Waals surface area contributed by atoms with E-state index in [0.29, 0.717) is 11.4 Å². The quantitative estimate of drug-likeness (QED) is 0.767. The van der Waals surface area contributed by atoms with Crippen molar-refractivity contribution in [2.45, 2.75) is 18.4 Å². The largest absolute Gasteiger partial charge is 0.390 e. The predicted molar refractivity (Wildman–Crippen MR) is 80.8 cm³/mol. The molecule has 0 aliphatic rings. The van der Waals surface area contributed by atoms with E-state index in [0.717, 1.165) is 5.69 Å². The molecule has 1 aromatic heterocycles. The van der Waals surface area contributed by atoms with E-state index in [4.69, 9.17) is 0 Å². The van der Waals surface area contributed by atoms with E-state index in [-0.39, 0.29) is 10.6 Å². The number of H-pyrrole nitrogens is 1. The van der Waals surface area contributed by atoms with Gasteiger partial charge in [-0.25, -0.2) is 8.42 Å². The number of aliphatic hydroxyl groups is 1. The Bertz CT molecular complexity index is 738. The fraction of sp³-hybridized carbons (Fsp3) is 0.308. The van der Waals surface area contributed by atoms with Gasteiger partial charge in [0.15, 0.2) is 0 Å². The molecule has 8 heteroatoms. The zero-order valence-electron chi connectivity index (χ0n) is 12.1. The van der Waals surface area contributed by atoms with Crippen LogP contribution in [0.25, 0.3) is 0 Å². The van der Waals surface area contributed by atoms with E-state index in [2.05, 4.69) is 14.9 Å². The van der Waals surface area contributed by atoms with Crippen LogP contribution in [-0.2, 0) is 16.6 Å². The lowest BCUT2D eigenvalue weighted by Crippen LogP contribution is -2.16. The average Bonchev–Trinajstić information content (AvgIpc) is 2.80. The molecule has 0 atom stereocenters. The van der Waals surface area contributed by atoms with Gasteiger partial charge in [-0.2, -0.15) is 5.10 Å². The molecule has 7 nitrogen and oxygen atoms in total. The summed E-state index contributed by atoms with van der Waals surface area (Å²) in [5.41, 5.74) is 1.81. The summed E-state index contributed by atoms with van der Waals surface area (Å²) in [5.74, 6) is 0. The SMILES string of the molecule is Cc1[nH]nc(CO)c1S(=O)(=O)Nc1cccc(N(C)C)c1. The smallest absolute Gasteiger partial charge is 0.265 e. The molecule has 0 saturated carbocycles. The number of nitrogens with zero attached hydrogens (tertiary/aromatic N) is 2. The Balaban J connectivity index is 2.38. The first-order valence-electron chi connectivity index (χ1n) is 6.30. The molecular weight excluding hydrogens is 292 g/mol. The lowest BCUT2D eigenvalue weighted by Gasteiger charge is -2.14. The van der Waals surface area contributed by atoms with E-state index in [9.17, 15) is 13.5 Å². The van der Waals surface area contributed by atoms with E-state index in [1.165, 1.54) is 0 Å². The van der Waals surface area contributed by atoms with Gasteiger partial charge in [0, 0.05) is 19.8 Å². The Morgan fingerprint density at radius 3 is 2.71 bits per heavy atom. The lowest BCUT2D eigenvalue weighted by atomic mass is 10.3. The Hall–Kier alpha value is -2.06. The highest BCUT2D eigenvalue weighted by atomic mass is 32.2. The maximum atomic E-state index is 12.4. The second kappa shape index (κ2) is 5.74. The zero-order chi connectivity index (χ0) is 15.6. The molecule has 114 valence electrons. The highest BCUT2D eigenvalue weighted by Gasteiger charge is 2.24. The van der Waals surface area contributed by atoms with Crippen LogP contribution >= 0.6 is 0 Å². The topological polar surface area (TPSA) is 98.3 Å². The number of aromatic amines is 1. The zero-order valence-corrected chi connectivity index (χ0v) is 12.9. The van der Waals surface area contributed by atoms with Gasteiger partial charge >= 0.3 is 0 Å². The predicted octanol–water partition coefficient (Wildman–Crippen LogP) is 1.08. The van der Waals surface area contributed by atoms with Crippen molar-refractivity contribution >= 4 is 21.4 Å². The number of rotatable bonds is 5. The molecule has 1 aromatic carbocycles. The normalized spacial score (nSPS) is 11.4. The highest BCUT2D eigenvalue weighted by Crippen LogP contribution is 2.23. The van der Waals surface area contributed by atoms with E-state index < -0.39 is 16.6 Å². The summed E-state index contributed by atoms with van der Waals surface area (Å²) < 4.78 is 27.4. The highest BCUT2D eigenvalue weighted by molar-refractivity contribution is 7.92. The van der Waals surface area contributed by atoms with Gasteiger partial charge in [0.1, 0.15) is 10.6 Å². The van der Waals surface area contributed by atoms with Crippen LogP contribution in [0.3, 0.4) is 0 Å². The maximum Gasteiger partial charge on any atom is 0.265 e. The van der Waals surface area contributed by atoms with Crippen LogP contribution in [0, 0.1) is 6.92 Å². The first-order valence-corrected chi connectivity index (χ1v) is 7.78. The summed E-state index contributed by atoms with van der Waals surface area (Å²) in [6.07, 6.45) is 0. The Morgan fingerprint density at radius 2 is 2.10 bits per heavy atom. The van der Waals surface area contributed by atoms with Crippen LogP contribution in [0.1, 0.15) is 11.4 Å². The van der Waals surface area contributed by atoms with Gasteiger partial charge in [0.25, 0.3) is 10.0 Å². The van der Waals surface area contributed by atoms with E-state index in [1.807, 2.05) is 25.1 Å². The molecule has 0 spiro atoms. The first kappa shape index (κ1) is 15.3. The molecule has 3 N–H and O–H groups in total. The van der Waals surface area contributed by atoms with Crippen molar-refractivity contribution in [1.29, 1.82) is 0 Å². The molecule has 1 heterocycles. The summed E-state index contributed by atoms with van der Waals surface area (Å²) in [5, 5.41) is 15.6. The van der Waals surface area contributed by atoms with Crippen molar-refractivity contribution in [3.63, 3.8) is 0 Å². The first-order chi connectivity index (χ1) is 9.85. The molecule has 0 radical (unpaired) electrons. The summed E-state index contributed by atoms with van der Waals surface area (Å²) in [7, 11) is -0.0627. The summed E-state index contributed by atoms with van der Waals surface area (Å²) in [6, 6.07) is 7.03. The van der Waals surface area contributed by atoms with Crippen LogP contribution < -0.4 is 9.62 Å². The Kier molecular flexibility index (Phi) is 4.19. The number of hydrogen-bond donors (Lipinski definition) is 3. The number of aryl methyl sites for hydroxylation is 1. The second-order valence-electron chi connectivity index (χ2n) is 4.83. The van der Waals surface area contributed by atoms with Gasteiger partial charge in [0.2, 0.25) is 0 Å². The van der Waals surface area contributed by atoms with E-state index >= 15 is 0 Å². The summed E-state index contributed by atoms with van der Waals surface area (Å²) in [6.45, 7) is 1.15. The van der Waals surface area contributed by atoms with Crippen molar-refractivity contribution in [2.24, 2.45) is 0 Å². The molecule has 0 aliphatic carbocycles. The molecule has 0 amide bonds. The molecule has 0 unspecified atom stereocenters. The fourth-order valence-corrected chi connectivity index (χ4v) is 3.40. The second-order valence-corrected chi connectivity index (χ2v) is 6.45. The third-order valence-electron chi connectivity index (χ3n) is 2.99. The van der Waals surface area contributed by atoms with Gasteiger partial charge < -0.3 is 10.0 Å². The van der Waals surface area contributed by atoms with Gasteiger partial charge in [-0.3, -0.25) is 9.82 Å².